The molecule has 0 bridgehead atoms. The standard InChI is InChI=1S/C12H21N3O5/c1-8(2)10(11(17)18)14-12(19)13-7-9(16)15-3-5-20-6-4-15/h8,10H,3-7H2,1-2H3,(H,17,18)(H2,13,14,19). The summed E-state index contributed by atoms with van der Waals surface area (Å²) in [6.45, 7) is 5.22. The lowest BCUT2D eigenvalue weighted by Crippen LogP contribution is -2.51. The van der Waals surface area contributed by atoms with Gasteiger partial charge in [-0.1, -0.05) is 13.8 Å². The van der Waals surface area contributed by atoms with Gasteiger partial charge >= 0.3 is 12.0 Å². The zero-order valence-corrected chi connectivity index (χ0v) is 11.7. The summed E-state index contributed by atoms with van der Waals surface area (Å²) in [5.41, 5.74) is 0. The molecular weight excluding hydrogens is 266 g/mol. The first-order valence-electron chi connectivity index (χ1n) is 6.54. The van der Waals surface area contributed by atoms with Crippen molar-refractivity contribution in [1.82, 2.24) is 15.5 Å². The molecule has 1 rings (SSSR count). The van der Waals surface area contributed by atoms with Gasteiger partial charge in [0, 0.05) is 13.1 Å². The van der Waals surface area contributed by atoms with Gasteiger partial charge in [0.25, 0.3) is 0 Å². The van der Waals surface area contributed by atoms with Crippen molar-refractivity contribution in [3.63, 3.8) is 0 Å². The number of rotatable bonds is 5. The predicted molar refractivity (Wildman–Crippen MR) is 70.2 cm³/mol. The third kappa shape index (κ3) is 5.04. The van der Waals surface area contributed by atoms with Crippen molar-refractivity contribution >= 4 is 17.9 Å². The van der Waals surface area contributed by atoms with E-state index in [1.165, 1.54) is 0 Å². The van der Waals surface area contributed by atoms with Gasteiger partial charge < -0.3 is 25.4 Å². The Morgan fingerprint density at radius 1 is 1.25 bits per heavy atom. The molecule has 1 aliphatic rings. The first-order chi connectivity index (χ1) is 9.41. The van der Waals surface area contributed by atoms with Crippen molar-refractivity contribution in [3.8, 4) is 0 Å². The molecule has 114 valence electrons. The van der Waals surface area contributed by atoms with Crippen LogP contribution in [0, 0.1) is 5.92 Å². The van der Waals surface area contributed by atoms with Gasteiger partial charge in [-0.05, 0) is 5.92 Å². The van der Waals surface area contributed by atoms with Crippen LogP contribution in [0.2, 0.25) is 0 Å². The van der Waals surface area contributed by atoms with E-state index in [0.29, 0.717) is 26.3 Å². The number of carbonyl (C=O) groups is 3. The van der Waals surface area contributed by atoms with Crippen LogP contribution in [-0.4, -0.2) is 66.8 Å². The summed E-state index contributed by atoms with van der Waals surface area (Å²) in [7, 11) is 0. The smallest absolute Gasteiger partial charge is 0.326 e. The van der Waals surface area contributed by atoms with Crippen LogP contribution < -0.4 is 10.6 Å². The fourth-order valence-corrected chi connectivity index (χ4v) is 1.79. The SMILES string of the molecule is CC(C)C(NC(=O)NCC(=O)N1CCOCC1)C(=O)O. The van der Waals surface area contributed by atoms with Crippen LogP contribution in [0.5, 0.6) is 0 Å². The highest BCUT2D eigenvalue weighted by Gasteiger charge is 2.24. The number of aliphatic carboxylic acids is 1. The Labute approximate surface area is 117 Å². The quantitative estimate of drug-likeness (QED) is 0.617. The van der Waals surface area contributed by atoms with Gasteiger partial charge in [0.1, 0.15) is 6.04 Å². The van der Waals surface area contributed by atoms with Crippen LogP contribution in [0.3, 0.4) is 0 Å². The van der Waals surface area contributed by atoms with E-state index in [2.05, 4.69) is 10.6 Å². The van der Waals surface area contributed by atoms with E-state index < -0.39 is 18.0 Å². The van der Waals surface area contributed by atoms with Gasteiger partial charge in [0.05, 0.1) is 19.8 Å². The number of morpholine rings is 1. The van der Waals surface area contributed by atoms with Crippen LogP contribution in [0.25, 0.3) is 0 Å². The van der Waals surface area contributed by atoms with E-state index in [1.54, 1.807) is 18.7 Å². The average molecular weight is 287 g/mol. The zero-order valence-electron chi connectivity index (χ0n) is 11.7. The van der Waals surface area contributed by atoms with Gasteiger partial charge in [-0.2, -0.15) is 0 Å². The van der Waals surface area contributed by atoms with Crippen molar-refractivity contribution in [1.29, 1.82) is 0 Å². The molecule has 3 N–H and O–H groups in total. The maximum Gasteiger partial charge on any atom is 0.326 e. The molecule has 1 unspecified atom stereocenters. The summed E-state index contributed by atoms with van der Waals surface area (Å²) in [6.07, 6.45) is 0. The number of carboxylic acids is 1. The minimum Gasteiger partial charge on any atom is -0.480 e. The summed E-state index contributed by atoms with van der Waals surface area (Å²) in [6, 6.07) is -1.64. The molecule has 3 amide bonds. The maximum absolute atomic E-state index is 11.8. The molecule has 0 aliphatic carbocycles. The van der Waals surface area contributed by atoms with Crippen molar-refractivity contribution in [2.24, 2.45) is 5.92 Å². The molecule has 1 aliphatic heterocycles. The van der Waals surface area contributed by atoms with Gasteiger partial charge in [-0.3, -0.25) is 4.79 Å². The Bertz CT molecular complexity index is 366. The summed E-state index contributed by atoms with van der Waals surface area (Å²) in [5.74, 6) is -1.55. The van der Waals surface area contributed by atoms with Crippen molar-refractivity contribution < 1.29 is 24.2 Å². The maximum atomic E-state index is 11.8. The molecule has 0 spiro atoms. The number of ether oxygens (including phenoxy) is 1. The molecule has 8 heteroatoms. The molecule has 1 saturated heterocycles. The van der Waals surface area contributed by atoms with Crippen LogP contribution in [0.15, 0.2) is 0 Å². The van der Waals surface area contributed by atoms with E-state index in [9.17, 15) is 14.4 Å². The van der Waals surface area contributed by atoms with Crippen LogP contribution in [-0.2, 0) is 14.3 Å². The number of carbonyl (C=O) groups excluding carboxylic acids is 2. The number of urea groups is 1. The van der Waals surface area contributed by atoms with Crippen LogP contribution >= 0.6 is 0 Å². The molecule has 1 heterocycles. The lowest BCUT2D eigenvalue weighted by atomic mass is 10.1. The fraction of sp³-hybridized carbons (Fsp3) is 0.750. The summed E-state index contributed by atoms with van der Waals surface area (Å²) >= 11 is 0. The number of nitrogens with one attached hydrogen (secondary N) is 2. The van der Waals surface area contributed by atoms with Gasteiger partial charge in [-0.25, -0.2) is 9.59 Å². The monoisotopic (exact) mass is 287 g/mol. The number of nitrogens with zero attached hydrogens (tertiary/aromatic N) is 1. The molecule has 0 radical (unpaired) electrons. The van der Waals surface area contributed by atoms with Gasteiger partial charge in [0.2, 0.25) is 5.91 Å². The number of carboxylic acid groups (broad SMARTS) is 1. The molecule has 8 nitrogen and oxygen atoms in total. The third-order valence-corrected chi connectivity index (χ3v) is 2.98. The molecule has 1 atom stereocenters. The summed E-state index contributed by atoms with van der Waals surface area (Å²) in [4.78, 5) is 35.9. The van der Waals surface area contributed by atoms with E-state index in [4.69, 9.17) is 9.84 Å². The number of hydrogen-bond acceptors (Lipinski definition) is 4. The third-order valence-electron chi connectivity index (χ3n) is 2.98. The first kappa shape index (κ1) is 16.2. The average Bonchev–Trinajstić information content (AvgIpc) is 2.42. The molecule has 0 aromatic heterocycles. The van der Waals surface area contributed by atoms with E-state index in [-0.39, 0.29) is 18.4 Å². The van der Waals surface area contributed by atoms with E-state index >= 15 is 0 Å². The highest BCUT2D eigenvalue weighted by atomic mass is 16.5. The molecule has 1 fully saturated rings. The molecule has 0 aromatic rings. The Hall–Kier alpha value is -1.83. The van der Waals surface area contributed by atoms with Crippen molar-refractivity contribution in [2.75, 3.05) is 32.8 Å². The normalized spacial score (nSPS) is 16.6. The minimum absolute atomic E-state index is 0.156. The zero-order chi connectivity index (χ0) is 15.1. The second-order valence-electron chi connectivity index (χ2n) is 4.88. The Kier molecular flexibility index (Phi) is 6.23. The van der Waals surface area contributed by atoms with E-state index in [0.717, 1.165) is 0 Å². The topological polar surface area (TPSA) is 108 Å². The number of hydrogen-bond donors (Lipinski definition) is 3. The second-order valence-corrected chi connectivity index (χ2v) is 4.88. The molecule has 20 heavy (non-hydrogen) atoms. The first-order valence-corrected chi connectivity index (χ1v) is 6.54. The Morgan fingerprint density at radius 2 is 1.85 bits per heavy atom. The van der Waals surface area contributed by atoms with Gasteiger partial charge in [-0.15, -0.1) is 0 Å². The second kappa shape index (κ2) is 7.68. The lowest BCUT2D eigenvalue weighted by Gasteiger charge is -2.27. The van der Waals surface area contributed by atoms with E-state index in [1.807, 2.05) is 0 Å². The Morgan fingerprint density at radius 3 is 2.35 bits per heavy atom. The summed E-state index contributed by atoms with van der Waals surface area (Å²) < 4.78 is 5.12. The van der Waals surface area contributed by atoms with Crippen LogP contribution in [0.1, 0.15) is 13.8 Å². The highest BCUT2D eigenvalue weighted by Crippen LogP contribution is 2.01. The fourth-order valence-electron chi connectivity index (χ4n) is 1.79. The van der Waals surface area contributed by atoms with Gasteiger partial charge in [0.15, 0.2) is 0 Å². The molecule has 0 aromatic carbocycles. The minimum atomic E-state index is -1.10. The molecular formula is C12H21N3O5. The van der Waals surface area contributed by atoms with Crippen LogP contribution in [0.4, 0.5) is 4.79 Å². The predicted octanol–water partition coefficient (Wildman–Crippen LogP) is -0.746. The summed E-state index contributed by atoms with van der Waals surface area (Å²) in [5, 5.41) is 13.6. The largest absolute Gasteiger partial charge is 0.480 e. The highest BCUT2D eigenvalue weighted by molar-refractivity contribution is 5.86. The van der Waals surface area contributed by atoms with Crippen molar-refractivity contribution in [3.05, 3.63) is 0 Å². The lowest BCUT2D eigenvalue weighted by molar-refractivity contribution is -0.140. The van der Waals surface area contributed by atoms with Crippen molar-refractivity contribution in [2.45, 2.75) is 19.9 Å². The number of amides is 3. The Balaban J connectivity index is 2.34. The molecule has 0 saturated carbocycles.